The molecule has 0 bridgehead atoms. The maximum absolute atomic E-state index is 12.2. The molecule has 0 saturated carbocycles. The van der Waals surface area contributed by atoms with Gasteiger partial charge in [0.15, 0.2) is 0 Å². The third-order valence-electron chi connectivity index (χ3n) is 6.67. The normalized spacial score (nSPS) is 14.6. The fourth-order valence-electron chi connectivity index (χ4n) is 4.07. The Morgan fingerprint density at radius 2 is 1.05 bits per heavy atom. The van der Waals surface area contributed by atoms with Crippen molar-refractivity contribution in [1.82, 2.24) is 0 Å². The van der Waals surface area contributed by atoms with Gasteiger partial charge in [-0.25, -0.2) is 4.57 Å². The molecule has 11 heteroatoms. The number of hydrogen-bond donors (Lipinski definition) is 3. The van der Waals surface area contributed by atoms with Gasteiger partial charge in [0.25, 0.3) is 0 Å². The predicted octanol–water partition coefficient (Wildman–Crippen LogP) is 7.10. The summed E-state index contributed by atoms with van der Waals surface area (Å²) in [6.07, 6.45) is 23.4. The van der Waals surface area contributed by atoms with Crippen LogP contribution in [0.1, 0.15) is 129 Å². The Morgan fingerprint density at radius 1 is 0.628 bits per heavy atom. The van der Waals surface area contributed by atoms with Crippen molar-refractivity contribution in [3.8, 4) is 0 Å². The third kappa shape index (κ3) is 27.7. The van der Waals surface area contributed by atoms with Gasteiger partial charge in [-0.15, -0.1) is 0 Å². The number of unbranched alkanes of at least 4 members (excludes halogenated alkanes) is 12. The van der Waals surface area contributed by atoms with Crippen LogP contribution in [0.3, 0.4) is 0 Å². The highest BCUT2D eigenvalue weighted by Crippen LogP contribution is 2.43. The second kappa shape index (κ2) is 29.2. The molecule has 0 heterocycles. The van der Waals surface area contributed by atoms with Crippen LogP contribution in [-0.4, -0.2) is 65.7 Å². The van der Waals surface area contributed by atoms with Crippen molar-refractivity contribution >= 4 is 19.8 Å². The Hall–Kier alpha value is -1.55. The van der Waals surface area contributed by atoms with Crippen LogP contribution in [-0.2, 0) is 32.7 Å². The number of hydrogen-bond acceptors (Lipinski definition) is 9. The van der Waals surface area contributed by atoms with Crippen molar-refractivity contribution in [3.05, 3.63) is 24.3 Å². The lowest BCUT2D eigenvalue weighted by atomic mass is 10.1. The topological polar surface area (TPSA) is 149 Å². The molecule has 0 aliphatic carbocycles. The second-order valence-electron chi connectivity index (χ2n) is 10.8. The zero-order valence-electron chi connectivity index (χ0n) is 26.7. The van der Waals surface area contributed by atoms with Crippen LogP contribution in [0.15, 0.2) is 24.3 Å². The molecule has 0 aromatic carbocycles. The van der Waals surface area contributed by atoms with Crippen LogP contribution in [0.5, 0.6) is 0 Å². The number of aliphatic hydroxyl groups is 2. The van der Waals surface area contributed by atoms with Crippen LogP contribution in [0.4, 0.5) is 0 Å². The highest BCUT2D eigenvalue weighted by Gasteiger charge is 2.27. The van der Waals surface area contributed by atoms with E-state index in [1.807, 2.05) is 0 Å². The van der Waals surface area contributed by atoms with Gasteiger partial charge in [-0.2, -0.15) is 0 Å². The second-order valence-corrected chi connectivity index (χ2v) is 12.2. The van der Waals surface area contributed by atoms with E-state index in [1.165, 1.54) is 12.8 Å². The standard InChI is InChI=1S/C32H59O10P/c1-3-5-7-9-11-12-13-14-15-16-17-18-20-22-24-32(36)42-30(26-34)28-40-43(37,38)39-27-29(25-33)41-31(35)23-21-19-10-8-6-4-2/h9,11,13-14,29-30,33-34H,3-8,10,12,15-28H2,1-2H3,(H,37,38)/b11-9-,14-13-. The maximum Gasteiger partial charge on any atom is 0.472 e. The number of phosphoric ester groups is 1. The predicted molar refractivity (Wildman–Crippen MR) is 168 cm³/mol. The molecule has 0 rings (SSSR count). The van der Waals surface area contributed by atoms with Crippen LogP contribution in [0.25, 0.3) is 0 Å². The van der Waals surface area contributed by atoms with Crippen molar-refractivity contribution in [3.63, 3.8) is 0 Å². The zero-order chi connectivity index (χ0) is 32.0. The van der Waals surface area contributed by atoms with E-state index in [9.17, 15) is 29.3 Å². The Labute approximate surface area is 259 Å². The highest BCUT2D eigenvalue weighted by molar-refractivity contribution is 7.47. The first-order valence-electron chi connectivity index (χ1n) is 16.3. The Kier molecular flexibility index (Phi) is 28.1. The number of phosphoric acid groups is 1. The summed E-state index contributed by atoms with van der Waals surface area (Å²) in [5.74, 6) is -1.04. The smallest absolute Gasteiger partial charge is 0.457 e. The molecule has 0 aromatic rings. The van der Waals surface area contributed by atoms with Gasteiger partial charge in [0.05, 0.1) is 26.4 Å². The summed E-state index contributed by atoms with van der Waals surface area (Å²) in [5.41, 5.74) is 0. The molecule has 0 aliphatic rings. The van der Waals surface area contributed by atoms with E-state index in [4.69, 9.17) is 18.5 Å². The molecule has 0 amide bonds. The van der Waals surface area contributed by atoms with Crippen LogP contribution >= 0.6 is 7.82 Å². The largest absolute Gasteiger partial charge is 0.472 e. The van der Waals surface area contributed by atoms with Crippen molar-refractivity contribution < 1.29 is 47.8 Å². The van der Waals surface area contributed by atoms with Crippen LogP contribution < -0.4 is 0 Å². The molecule has 0 spiro atoms. The molecule has 0 saturated heterocycles. The number of aliphatic hydroxyl groups excluding tert-OH is 2. The summed E-state index contributed by atoms with van der Waals surface area (Å²) >= 11 is 0. The van der Waals surface area contributed by atoms with Gasteiger partial charge in [0.1, 0.15) is 12.2 Å². The minimum Gasteiger partial charge on any atom is -0.457 e. The van der Waals surface area contributed by atoms with Gasteiger partial charge in [0, 0.05) is 12.8 Å². The molecular formula is C32H59O10P. The minimum absolute atomic E-state index is 0.177. The van der Waals surface area contributed by atoms with Gasteiger partial charge >= 0.3 is 19.8 Å². The monoisotopic (exact) mass is 634 g/mol. The van der Waals surface area contributed by atoms with E-state index in [1.54, 1.807) is 0 Å². The average molecular weight is 635 g/mol. The van der Waals surface area contributed by atoms with Crippen molar-refractivity contribution in [1.29, 1.82) is 0 Å². The Balaban J connectivity index is 4.05. The van der Waals surface area contributed by atoms with Gasteiger partial charge in [-0.05, 0) is 38.5 Å². The minimum atomic E-state index is -4.62. The van der Waals surface area contributed by atoms with Crippen molar-refractivity contribution in [2.45, 2.75) is 142 Å². The Bertz CT molecular complexity index is 786. The summed E-state index contributed by atoms with van der Waals surface area (Å²) in [6.45, 7) is 2.03. The molecule has 252 valence electrons. The molecule has 0 fully saturated rings. The van der Waals surface area contributed by atoms with E-state index in [-0.39, 0.29) is 12.8 Å². The maximum atomic E-state index is 12.2. The summed E-state index contributed by atoms with van der Waals surface area (Å²) < 4.78 is 32.1. The first-order valence-corrected chi connectivity index (χ1v) is 17.8. The lowest BCUT2D eigenvalue weighted by Crippen LogP contribution is -2.28. The van der Waals surface area contributed by atoms with Crippen molar-refractivity contribution in [2.24, 2.45) is 0 Å². The first-order chi connectivity index (χ1) is 20.8. The number of esters is 2. The molecule has 0 aliphatic heterocycles. The van der Waals surface area contributed by atoms with Crippen LogP contribution in [0, 0.1) is 0 Å². The third-order valence-corrected chi connectivity index (χ3v) is 7.62. The van der Waals surface area contributed by atoms with Gasteiger partial charge in [-0.1, -0.05) is 102 Å². The summed E-state index contributed by atoms with van der Waals surface area (Å²) in [5, 5.41) is 18.9. The fourth-order valence-corrected chi connectivity index (χ4v) is 4.85. The number of rotatable bonds is 30. The number of carbonyl (C=O) groups excluding carboxylic acids is 2. The lowest BCUT2D eigenvalue weighted by molar-refractivity contribution is -0.153. The van der Waals surface area contributed by atoms with E-state index >= 15 is 0 Å². The lowest BCUT2D eigenvalue weighted by Gasteiger charge is -2.20. The van der Waals surface area contributed by atoms with E-state index in [0.29, 0.717) is 12.8 Å². The van der Waals surface area contributed by atoms with E-state index in [0.717, 1.165) is 77.0 Å². The van der Waals surface area contributed by atoms with E-state index < -0.39 is 58.4 Å². The fraction of sp³-hybridized carbons (Fsp3) is 0.812. The van der Waals surface area contributed by atoms with E-state index in [2.05, 4.69) is 38.2 Å². The average Bonchev–Trinajstić information content (AvgIpc) is 2.99. The van der Waals surface area contributed by atoms with Gasteiger partial charge < -0.3 is 24.6 Å². The summed E-state index contributed by atoms with van der Waals surface area (Å²) in [4.78, 5) is 34.0. The Morgan fingerprint density at radius 3 is 1.51 bits per heavy atom. The van der Waals surface area contributed by atoms with Crippen LogP contribution in [0.2, 0.25) is 0 Å². The SMILES string of the molecule is CCCC/C=C\C/C=C\CCCCCCCC(=O)OC(CO)COP(=O)(O)OCC(CO)OC(=O)CCCCCCCC. The quantitative estimate of drug-likeness (QED) is 0.0323. The summed E-state index contributed by atoms with van der Waals surface area (Å²) in [6, 6.07) is 0. The number of carbonyl (C=O) groups is 2. The number of ether oxygens (including phenoxy) is 2. The summed E-state index contributed by atoms with van der Waals surface area (Å²) in [7, 11) is -4.62. The highest BCUT2D eigenvalue weighted by atomic mass is 31.2. The van der Waals surface area contributed by atoms with Crippen molar-refractivity contribution in [2.75, 3.05) is 26.4 Å². The molecule has 3 unspecified atom stereocenters. The van der Waals surface area contributed by atoms with Gasteiger partial charge in [-0.3, -0.25) is 18.6 Å². The zero-order valence-corrected chi connectivity index (χ0v) is 27.6. The number of allylic oxidation sites excluding steroid dienone is 4. The molecule has 10 nitrogen and oxygen atoms in total. The molecule has 3 atom stereocenters. The molecule has 43 heavy (non-hydrogen) atoms. The first kappa shape index (κ1) is 41.4. The molecule has 3 N–H and O–H groups in total. The molecular weight excluding hydrogens is 575 g/mol. The molecule has 0 aromatic heterocycles. The molecule has 0 radical (unpaired) electrons. The van der Waals surface area contributed by atoms with Gasteiger partial charge in [0.2, 0.25) is 0 Å².